The number of benzene rings is 2. The molecular formula is C18H19N5O4S. The number of aromatic nitrogens is 2. The summed E-state index contributed by atoms with van der Waals surface area (Å²) in [6.07, 6.45) is 0. The van der Waals surface area contributed by atoms with Crippen LogP contribution < -0.4 is 10.3 Å². The number of nitrogens with one attached hydrogen (secondary N) is 2. The molecule has 0 spiro atoms. The second kappa shape index (κ2) is 7.41. The first-order chi connectivity index (χ1) is 13.2. The minimum Gasteiger partial charge on any atom is -0.506 e. The Kier molecular flexibility index (Phi) is 5.16. The third-order valence-electron chi connectivity index (χ3n) is 4.12. The molecule has 3 N–H and O–H groups in total. The molecule has 1 aromatic heterocycles. The van der Waals surface area contributed by atoms with E-state index in [4.69, 9.17) is 0 Å². The van der Waals surface area contributed by atoms with Crippen LogP contribution >= 0.6 is 0 Å². The summed E-state index contributed by atoms with van der Waals surface area (Å²) in [5.41, 5.74) is 1.76. The maximum atomic E-state index is 12.7. The number of H-pyrrole nitrogens is 1. The monoisotopic (exact) mass is 401 g/mol. The van der Waals surface area contributed by atoms with Crippen molar-refractivity contribution in [2.75, 3.05) is 7.05 Å². The van der Waals surface area contributed by atoms with Crippen LogP contribution in [0.1, 0.15) is 11.3 Å². The standard InChI is InChI=1S/C18H19N5O4S/c1-11-4-6-13(7-5-11)23-18(25)17(12(2)22-23)21-20-15-10-14(8-9-16(15)24)28(26,27)19-3/h4-10,19,22,24H,1-3H3. The third kappa shape index (κ3) is 3.73. The van der Waals surface area contributed by atoms with Gasteiger partial charge in [0, 0.05) is 0 Å². The van der Waals surface area contributed by atoms with Gasteiger partial charge in [0.2, 0.25) is 10.0 Å². The van der Waals surface area contributed by atoms with E-state index in [9.17, 15) is 18.3 Å². The highest BCUT2D eigenvalue weighted by Crippen LogP contribution is 2.30. The van der Waals surface area contributed by atoms with Gasteiger partial charge in [0.1, 0.15) is 11.4 Å². The summed E-state index contributed by atoms with van der Waals surface area (Å²) in [6, 6.07) is 11.0. The van der Waals surface area contributed by atoms with Crippen LogP contribution in [0.5, 0.6) is 5.75 Å². The van der Waals surface area contributed by atoms with E-state index in [0.29, 0.717) is 11.4 Å². The molecule has 2 aromatic carbocycles. The van der Waals surface area contributed by atoms with Crippen molar-refractivity contribution in [1.82, 2.24) is 14.5 Å². The summed E-state index contributed by atoms with van der Waals surface area (Å²) in [6.45, 7) is 3.61. The molecule has 0 atom stereocenters. The minimum absolute atomic E-state index is 0.0573. The molecule has 0 fully saturated rings. The van der Waals surface area contributed by atoms with Gasteiger partial charge in [0.15, 0.2) is 5.69 Å². The molecule has 1 heterocycles. The van der Waals surface area contributed by atoms with Gasteiger partial charge < -0.3 is 5.11 Å². The first kappa shape index (κ1) is 19.5. The number of azo groups is 1. The average molecular weight is 401 g/mol. The number of sulfonamides is 1. The third-order valence-corrected chi connectivity index (χ3v) is 5.53. The molecule has 3 rings (SSSR count). The molecule has 0 saturated heterocycles. The molecular weight excluding hydrogens is 382 g/mol. The van der Waals surface area contributed by atoms with E-state index in [2.05, 4.69) is 20.0 Å². The second-order valence-electron chi connectivity index (χ2n) is 6.12. The topological polar surface area (TPSA) is 129 Å². The summed E-state index contributed by atoms with van der Waals surface area (Å²) in [7, 11) is -2.43. The molecule has 146 valence electrons. The first-order valence-electron chi connectivity index (χ1n) is 8.30. The lowest BCUT2D eigenvalue weighted by molar-refractivity contribution is 0.476. The van der Waals surface area contributed by atoms with Crippen molar-refractivity contribution in [2.45, 2.75) is 18.7 Å². The van der Waals surface area contributed by atoms with Gasteiger partial charge in [-0.25, -0.2) is 17.8 Å². The fraction of sp³-hybridized carbons (Fsp3) is 0.167. The van der Waals surface area contributed by atoms with Gasteiger partial charge in [-0.2, -0.15) is 0 Å². The zero-order chi connectivity index (χ0) is 20.5. The zero-order valence-electron chi connectivity index (χ0n) is 15.5. The lowest BCUT2D eigenvalue weighted by Crippen LogP contribution is -2.18. The van der Waals surface area contributed by atoms with Gasteiger partial charge in [-0.05, 0) is 51.2 Å². The van der Waals surface area contributed by atoms with Crippen LogP contribution in [0.25, 0.3) is 5.69 Å². The first-order valence-corrected chi connectivity index (χ1v) is 9.78. The molecule has 0 unspecified atom stereocenters. The molecule has 0 radical (unpaired) electrons. The number of nitrogens with zero attached hydrogens (tertiary/aromatic N) is 3. The van der Waals surface area contributed by atoms with Crippen LogP contribution in [0.2, 0.25) is 0 Å². The van der Waals surface area contributed by atoms with Crippen molar-refractivity contribution in [3.63, 3.8) is 0 Å². The van der Waals surface area contributed by atoms with Crippen molar-refractivity contribution < 1.29 is 13.5 Å². The van der Waals surface area contributed by atoms with E-state index in [0.717, 1.165) is 5.56 Å². The summed E-state index contributed by atoms with van der Waals surface area (Å²) in [5, 5.41) is 20.7. The van der Waals surface area contributed by atoms with Crippen molar-refractivity contribution >= 4 is 21.4 Å². The smallest absolute Gasteiger partial charge is 0.299 e. The predicted octanol–water partition coefficient (Wildman–Crippen LogP) is 2.81. The minimum atomic E-state index is -3.71. The molecule has 9 nitrogen and oxygen atoms in total. The largest absolute Gasteiger partial charge is 0.506 e. The predicted molar refractivity (Wildman–Crippen MR) is 104 cm³/mol. The molecule has 28 heavy (non-hydrogen) atoms. The maximum Gasteiger partial charge on any atom is 0.299 e. The molecule has 0 aliphatic heterocycles. The Labute approximate surface area is 161 Å². The Hall–Kier alpha value is -3.24. The van der Waals surface area contributed by atoms with E-state index < -0.39 is 15.6 Å². The quantitative estimate of drug-likeness (QED) is 0.568. The Morgan fingerprint density at radius 2 is 1.75 bits per heavy atom. The molecule has 0 amide bonds. The van der Waals surface area contributed by atoms with Crippen molar-refractivity contribution in [3.8, 4) is 11.4 Å². The lowest BCUT2D eigenvalue weighted by atomic mass is 10.2. The number of aromatic amines is 1. The van der Waals surface area contributed by atoms with Crippen molar-refractivity contribution in [1.29, 1.82) is 0 Å². The van der Waals surface area contributed by atoms with Crippen LogP contribution in [0.4, 0.5) is 11.4 Å². The van der Waals surface area contributed by atoms with Gasteiger partial charge >= 0.3 is 0 Å². The van der Waals surface area contributed by atoms with Crippen LogP contribution in [0, 0.1) is 13.8 Å². The van der Waals surface area contributed by atoms with E-state index >= 15 is 0 Å². The van der Waals surface area contributed by atoms with Crippen LogP contribution in [0.3, 0.4) is 0 Å². The molecule has 0 bridgehead atoms. The van der Waals surface area contributed by atoms with E-state index in [1.54, 1.807) is 19.1 Å². The highest BCUT2D eigenvalue weighted by molar-refractivity contribution is 7.89. The number of aromatic hydroxyl groups is 1. The van der Waals surface area contributed by atoms with E-state index in [1.807, 2.05) is 19.1 Å². The number of hydrogen-bond donors (Lipinski definition) is 3. The molecule has 0 aliphatic carbocycles. The van der Waals surface area contributed by atoms with Gasteiger partial charge in [-0.3, -0.25) is 9.89 Å². The van der Waals surface area contributed by atoms with Gasteiger partial charge in [0.25, 0.3) is 5.56 Å². The van der Waals surface area contributed by atoms with Crippen LogP contribution in [-0.2, 0) is 10.0 Å². The van der Waals surface area contributed by atoms with Crippen LogP contribution in [-0.4, -0.2) is 30.4 Å². The molecule has 0 saturated carbocycles. The summed E-state index contributed by atoms with van der Waals surface area (Å²) in [5.74, 6) is -0.258. The Balaban J connectivity index is 2.01. The summed E-state index contributed by atoms with van der Waals surface area (Å²) in [4.78, 5) is 12.6. The number of phenols is 1. The molecule has 10 heteroatoms. The van der Waals surface area contributed by atoms with Gasteiger partial charge in [-0.1, -0.05) is 17.7 Å². The molecule has 3 aromatic rings. The van der Waals surface area contributed by atoms with Gasteiger partial charge in [0.05, 0.1) is 16.3 Å². The highest BCUT2D eigenvalue weighted by Gasteiger charge is 2.15. The van der Waals surface area contributed by atoms with Crippen LogP contribution in [0.15, 0.2) is 62.4 Å². The highest BCUT2D eigenvalue weighted by atomic mass is 32.2. The fourth-order valence-electron chi connectivity index (χ4n) is 2.50. The van der Waals surface area contributed by atoms with Crippen molar-refractivity contribution in [3.05, 3.63) is 64.1 Å². The number of aryl methyl sites for hydroxylation is 2. The second-order valence-corrected chi connectivity index (χ2v) is 8.01. The Morgan fingerprint density at radius 1 is 1.07 bits per heavy atom. The summed E-state index contributed by atoms with van der Waals surface area (Å²) < 4.78 is 27.3. The molecule has 0 aliphatic rings. The number of hydrogen-bond acceptors (Lipinski definition) is 6. The SMILES string of the molecule is CNS(=O)(=O)c1ccc(O)c(N=Nc2c(C)[nH]n(-c3ccc(C)cc3)c2=O)c1. The summed E-state index contributed by atoms with van der Waals surface area (Å²) >= 11 is 0. The average Bonchev–Trinajstić information content (AvgIpc) is 2.95. The van der Waals surface area contributed by atoms with Gasteiger partial charge in [-0.15, -0.1) is 10.2 Å². The van der Waals surface area contributed by atoms with E-state index in [1.165, 1.54) is 29.9 Å². The fourth-order valence-corrected chi connectivity index (χ4v) is 3.25. The number of rotatable bonds is 5. The Morgan fingerprint density at radius 3 is 2.39 bits per heavy atom. The van der Waals surface area contributed by atoms with Crippen molar-refractivity contribution in [2.24, 2.45) is 10.2 Å². The normalized spacial score (nSPS) is 12.0. The Bertz CT molecular complexity index is 1210. The zero-order valence-corrected chi connectivity index (χ0v) is 16.3. The van der Waals surface area contributed by atoms with E-state index in [-0.39, 0.29) is 22.0 Å². The lowest BCUT2D eigenvalue weighted by Gasteiger charge is -2.04. The number of phenolic OH excluding ortho intramolecular Hbond substituents is 1. The maximum absolute atomic E-state index is 12.7.